The van der Waals surface area contributed by atoms with Crippen molar-refractivity contribution in [2.75, 3.05) is 0 Å². The highest BCUT2D eigenvalue weighted by molar-refractivity contribution is 6.31. The van der Waals surface area contributed by atoms with Crippen LogP contribution in [0.1, 0.15) is 22.8 Å². The number of phenolic OH excluding ortho intramolecular Hbond substituents is 1. The molecule has 5 nitrogen and oxygen atoms in total. The van der Waals surface area contributed by atoms with Crippen molar-refractivity contribution in [3.05, 3.63) is 69.0 Å². The third-order valence-corrected chi connectivity index (χ3v) is 3.87. The lowest BCUT2D eigenvalue weighted by Gasteiger charge is -2.10. The van der Waals surface area contributed by atoms with Crippen molar-refractivity contribution in [3.8, 4) is 11.5 Å². The van der Waals surface area contributed by atoms with E-state index in [1.807, 2.05) is 0 Å². The summed E-state index contributed by atoms with van der Waals surface area (Å²) in [6.07, 6.45) is 0. The summed E-state index contributed by atoms with van der Waals surface area (Å²) >= 11 is 6.02. The maximum absolute atomic E-state index is 11.8. The number of Topliss-reactive ketones (excluding diaryl/α,β-unsaturated/α-hetero) is 1. The van der Waals surface area contributed by atoms with Crippen LogP contribution < -0.4 is 10.3 Å². The minimum Gasteiger partial charge on any atom is -0.507 e. The number of nitrogens with one attached hydrogen (secondary N) is 1. The molecule has 24 heavy (non-hydrogen) atoms. The average molecular weight is 344 g/mol. The maximum atomic E-state index is 11.8. The molecule has 0 unspecified atom stereocenters. The van der Waals surface area contributed by atoms with Gasteiger partial charge in [-0.05, 0) is 37.3 Å². The van der Waals surface area contributed by atoms with Crippen LogP contribution >= 0.6 is 11.6 Å². The lowest BCUT2D eigenvalue weighted by molar-refractivity contribution is 0.101. The van der Waals surface area contributed by atoms with Crippen LogP contribution in [0, 0.1) is 0 Å². The van der Waals surface area contributed by atoms with Gasteiger partial charge in [0.05, 0.1) is 5.56 Å². The molecular formula is C18H14ClNO4. The number of fused-ring (bicyclic) bond motifs is 1. The molecule has 0 aliphatic rings. The van der Waals surface area contributed by atoms with Gasteiger partial charge in [-0.25, -0.2) is 0 Å². The number of benzene rings is 2. The van der Waals surface area contributed by atoms with Gasteiger partial charge in [0.15, 0.2) is 5.78 Å². The van der Waals surface area contributed by atoms with Crippen LogP contribution in [0.3, 0.4) is 0 Å². The number of ketones is 1. The Balaban J connectivity index is 1.91. The Kier molecular flexibility index (Phi) is 4.27. The zero-order chi connectivity index (χ0) is 17.3. The first kappa shape index (κ1) is 16.1. The molecule has 2 aromatic carbocycles. The number of hydrogen-bond donors (Lipinski definition) is 2. The van der Waals surface area contributed by atoms with E-state index in [2.05, 4.69) is 4.98 Å². The molecule has 3 rings (SSSR count). The molecule has 0 saturated carbocycles. The Hall–Kier alpha value is -2.79. The minimum absolute atomic E-state index is 0.125. The van der Waals surface area contributed by atoms with Crippen molar-refractivity contribution in [2.24, 2.45) is 0 Å². The number of halogens is 1. The molecule has 0 radical (unpaired) electrons. The molecular weight excluding hydrogens is 330 g/mol. The molecule has 122 valence electrons. The monoisotopic (exact) mass is 343 g/mol. The van der Waals surface area contributed by atoms with Crippen molar-refractivity contribution < 1.29 is 14.6 Å². The topological polar surface area (TPSA) is 79.4 Å². The predicted molar refractivity (Wildman–Crippen MR) is 92.0 cm³/mol. The Labute approximate surface area is 142 Å². The number of carbonyl (C=O) groups is 1. The number of carbonyl (C=O) groups excluding carboxylic acids is 1. The first-order valence-electron chi connectivity index (χ1n) is 7.22. The van der Waals surface area contributed by atoms with Crippen molar-refractivity contribution in [3.63, 3.8) is 0 Å². The highest BCUT2D eigenvalue weighted by Gasteiger charge is 2.09. The molecule has 1 aromatic heterocycles. The summed E-state index contributed by atoms with van der Waals surface area (Å²) < 4.78 is 5.64. The van der Waals surface area contributed by atoms with Gasteiger partial charge >= 0.3 is 0 Å². The molecule has 0 amide bonds. The number of aromatic hydroxyl groups is 1. The molecule has 0 spiro atoms. The predicted octanol–water partition coefficient (Wildman–Crippen LogP) is 3.67. The summed E-state index contributed by atoms with van der Waals surface area (Å²) in [5.41, 5.74) is 1.33. The molecule has 2 N–H and O–H groups in total. The summed E-state index contributed by atoms with van der Waals surface area (Å²) in [7, 11) is 0. The largest absolute Gasteiger partial charge is 0.507 e. The number of pyridine rings is 1. The fourth-order valence-electron chi connectivity index (χ4n) is 2.48. The van der Waals surface area contributed by atoms with E-state index in [0.29, 0.717) is 21.9 Å². The SMILES string of the molecule is CC(=O)c1ccc(OCc2cc(=O)[nH]c3ccc(Cl)cc23)cc1O. The van der Waals surface area contributed by atoms with Gasteiger partial charge in [-0.3, -0.25) is 9.59 Å². The van der Waals surface area contributed by atoms with E-state index in [0.717, 1.165) is 5.39 Å². The molecule has 0 fully saturated rings. The molecule has 0 aliphatic heterocycles. The second-order valence-electron chi connectivity index (χ2n) is 5.37. The van der Waals surface area contributed by atoms with Crippen LogP contribution in [0.25, 0.3) is 10.9 Å². The van der Waals surface area contributed by atoms with E-state index in [4.69, 9.17) is 16.3 Å². The quantitative estimate of drug-likeness (QED) is 0.708. The van der Waals surface area contributed by atoms with E-state index in [9.17, 15) is 14.7 Å². The second-order valence-corrected chi connectivity index (χ2v) is 5.81. The standard InChI is InChI=1S/C18H14ClNO4/c1-10(21)14-4-3-13(8-17(14)22)24-9-11-6-18(23)20-16-5-2-12(19)7-15(11)16/h2-8,22H,9H2,1H3,(H,20,23). The van der Waals surface area contributed by atoms with E-state index in [1.165, 1.54) is 25.1 Å². The normalized spacial score (nSPS) is 10.8. The summed E-state index contributed by atoms with van der Waals surface area (Å²) in [5.74, 6) is 0.0288. The third kappa shape index (κ3) is 3.26. The van der Waals surface area contributed by atoms with Crippen molar-refractivity contribution in [2.45, 2.75) is 13.5 Å². The van der Waals surface area contributed by atoms with Crippen LogP contribution in [-0.2, 0) is 6.61 Å². The Morgan fingerprint density at radius 3 is 2.71 bits per heavy atom. The number of aromatic nitrogens is 1. The highest BCUT2D eigenvalue weighted by Crippen LogP contribution is 2.26. The molecule has 0 aliphatic carbocycles. The van der Waals surface area contributed by atoms with Gasteiger partial charge in [-0.2, -0.15) is 0 Å². The fraction of sp³-hybridized carbons (Fsp3) is 0.111. The van der Waals surface area contributed by atoms with Gasteiger partial charge in [0, 0.05) is 33.6 Å². The number of phenols is 1. The first-order valence-corrected chi connectivity index (χ1v) is 7.60. The Morgan fingerprint density at radius 1 is 1.21 bits per heavy atom. The van der Waals surface area contributed by atoms with Gasteiger partial charge in [0.25, 0.3) is 0 Å². The lowest BCUT2D eigenvalue weighted by atomic mass is 10.1. The molecule has 0 saturated heterocycles. The van der Waals surface area contributed by atoms with E-state index in [1.54, 1.807) is 24.3 Å². The van der Waals surface area contributed by atoms with Crippen molar-refractivity contribution >= 4 is 28.3 Å². The first-order chi connectivity index (χ1) is 11.4. The zero-order valence-corrected chi connectivity index (χ0v) is 13.6. The third-order valence-electron chi connectivity index (χ3n) is 3.63. The van der Waals surface area contributed by atoms with E-state index in [-0.39, 0.29) is 29.3 Å². The molecule has 0 atom stereocenters. The molecule has 0 bridgehead atoms. The molecule has 6 heteroatoms. The number of ether oxygens (including phenoxy) is 1. The van der Waals surface area contributed by atoms with Gasteiger partial charge in [0.1, 0.15) is 18.1 Å². The summed E-state index contributed by atoms with van der Waals surface area (Å²) in [5, 5.41) is 11.2. The van der Waals surface area contributed by atoms with Gasteiger partial charge in [0.2, 0.25) is 5.56 Å². The van der Waals surface area contributed by atoms with Crippen LogP contribution in [0.2, 0.25) is 5.02 Å². The van der Waals surface area contributed by atoms with E-state index < -0.39 is 0 Å². The van der Waals surface area contributed by atoms with E-state index >= 15 is 0 Å². The Morgan fingerprint density at radius 2 is 2.00 bits per heavy atom. The Bertz CT molecular complexity index is 994. The summed E-state index contributed by atoms with van der Waals surface area (Å²) in [6, 6.07) is 11.1. The van der Waals surface area contributed by atoms with Crippen LogP contribution in [0.5, 0.6) is 11.5 Å². The number of aromatic amines is 1. The smallest absolute Gasteiger partial charge is 0.248 e. The van der Waals surface area contributed by atoms with Gasteiger partial charge in [-0.15, -0.1) is 0 Å². The van der Waals surface area contributed by atoms with Crippen LogP contribution in [0.15, 0.2) is 47.3 Å². The van der Waals surface area contributed by atoms with Crippen LogP contribution in [0.4, 0.5) is 0 Å². The molecule has 3 aromatic rings. The van der Waals surface area contributed by atoms with Crippen LogP contribution in [-0.4, -0.2) is 15.9 Å². The summed E-state index contributed by atoms with van der Waals surface area (Å²) in [4.78, 5) is 25.8. The van der Waals surface area contributed by atoms with Gasteiger partial charge < -0.3 is 14.8 Å². The summed E-state index contributed by atoms with van der Waals surface area (Å²) in [6.45, 7) is 1.50. The molecule has 1 heterocycles. The fourth-order valence-corrected chi connectivity index (χ4v) is 2.65. The minimum atomic E-state index is -0.238. The number of hydrogen-bond acceptors (Lipinski definition) is 4. The zero-order valence-electron chi connectivity index (χ0n) is 12.8. The second kappa shape index (κ2) is 6.37. The number of rotatable bonds is 4. The average Bonchev–Trinajstić information content (AvgIpc) is 2.52. The number of H-pyrrole nitrogens is 1. The van der Waals surface area contributed by atoms with Crippen molar-refractivity contribution in [1.29, 1.82) is 0 Å². The van der Waals surface area contributed by atoms with Crippen molar-refractivity contribution in [1.82, 2.24) is 4.98 Å². The lowest BCUT2D eigenvalue weighted by Crippen LogP contribution is -2.08. The highest BCUT2D eigenvalue weighted by atomic mass is 35.5. The maximum Gasteiger partial charge on any atom is 0.248 e. The van der Waals surface area contributed by atoms with Gasteiger partial charge in [-0.1, -0.05) is 11.6 Å².